The molecule has 4 rings (SSSR count). The van der Waals surface area contributed by atoms with E-state index in [4.69, 9.17) is 0 Å². The first-order chi connectivity index (χ1) is 14.9. The van der Waals surface area contributed by atoms with Crippen LogP contribution in [0.3, 0.4) is 0 Å². The van der Waals surface area contributed by atoms with Crippen LogP contribution in [0.5, 0.6) is 0 Å². The van der Waals surface area contributed by atoms with Crippen LogP contribution < -0.4 is 5.32 Å². The van der Waals surface area contributed by atoms with E-state index < -0.39 is 14.9 Å². The van der Waals surface area contributed by atoms with E-state index in [1.165, 1.54) is 22.5 Å². The highest BCUT2D eigenvalue weighted by atomic mass is 32.2. The highest BCUT2D eigenvalue weighted by Gasteiger charge is 2.36. The number of amides is 2. The summed E-state index contributed by atoms with van der Waals surface area (Å²) in [7, 11) is -3.87. The molecule has 9 nitrogen and oxygen atoms in total. The van der Waals surface area contributed by atoms with Gasteiger partial charge in [0.2, 0.25) is 10.0 Å². The summed E-state index contributed by atoms with van der Waals surface area (Å²) in [5.74, 6) is 0.432. The maximum atomic E-state index is 12.9. The van der Waals surface area contributed by atoms with Crippen LogP contribution in [-0.2, 0) is 10.0 Å². The summed E-state index contributed by atoms with van der Waals surface area (Å²) in [5.41, 5.74) is 0.802. The van der Waals surface area contributed by atoms with Gasteiger partial charge in [0.05, 0.1) is 15.9 Å². The number of nitro groups is 1. The van der Waals surface area contributed by atoms with Gasteiger partial charge in [0.1, 0.15) is 0 Å². The van der Waals surface area contributed by atoms with Crippen molar-refractivity contribution in [3.05, 3.63) is 70.3 Å². The first-order valence-corrected chi connectivity index (χ1v) is 11.7. The van der Waals surface area contributed by atoms with Crippen molar-refractivity contribution >= 4 is 21.7 Å². The Morgan fingerprint density at radius 1 is 1.03 bits per heavy atom. The molecule has 0 radical (unpaired) electrons. The summed E-state index contributed by atoms with van der Waals surface area (Å²) in [4.78, 5) is 24.7. The zero-order chi connectivity index (χ0) is 22.0. The van der Waals surface area contributed by atoms with Gasteiger partial charge in [-0.25, -0.2) is 13.2 Å². The van der Waals surface area contributed by atoms with Crippen LogP contribution in [0.15, 0.2) is 59.5 Å². The van der Waals surface area contributed by atoms with E-state index in [0.717, 1.165) is 24.5 Å². The lowest BCUT2D eigenvalue weighted by molar-refractivity contribution is -0.385. The molecule has 1 saturated heterocycles. The topological polar surface area (TPSA) is 113 Å². The van der Waals surface area contributed by atoms with E-state index in [-0.39, 0.29) is 48.8 Å². The molecule has 2 aliphatic rings. The molecule has 2 amide bonds. The number of sulfonamides is 1. The maximum Gasteiger partial charge on any atom is 0.317 e. The average Bonchev–Trinajstić information content (AvgIpc) is 3.63. The molecule has 2 aromatic rings. The molecule has 1 saturated carbocycles. The SMILES string of the molecule is O=C(N[C@@H](c1ccccc1)C1CC1)N1CCN(S(=O)(=O)c2cccc([N+](=O)[O-])c2)CC1. The third-order valence-electron chi connectivity index (χ3n) is 5.72. The molecule has 1 aliphatic carbocycles. The second-order valence-electron chi connectivity index (χ2n) is 7.82. The average molecular weight is 445 g/mol. The zero-order valence-corrected chi connectivity index (χ0v) is 17.7. The second kappa shape index (κ2) is 8.64. The molecule has 1 atom stereocenters. The number of hydrogen-bond acceptors (Lipinski definition) is 5. The Labute approximate surface area is 180 Å². The standard InChI is InChI=1S/C21H24N4O5S/c26-21(22-20(17-9-10-17)16-5-2-1-3-6-16)23-11-13-24(14-12-23)31(29,30)19-8-4-7-18(15-19)25(27)28/h1-8,15,17,20H,9-14H2,(H,22,26)/t20-/m0/s1. The van der Waals surface area contributed by atoms with Crippen molar-refractivity contribution < 1.29 is 18.1 Å². The van der Waals surface area contributed by atoms with E-state index in [1.54, 1.807) is 4.90 Å². The van der Waals surface area contributed by atoms with Gasteiger partial charge in [0.25, 0.3) is 5.69 Å². The highest BCUT2D eigenvalue weighted by molar-refractivity contribution is 7.89. The molecule has 1 heterocycles. The minimum Gasteiger partial charge on any atom is -0.331 e. The van der Waals surface area contributed by atoms with E-state index in [9.17, 15) is 23.3 Å². The molecule has 0 aromatic heterocycles. The van der Waals surface area contributed by atoms with Crippen LogP contribution in [0.2, 0.25) is 0 Å². The van der Waals surface area contributed by atoms with E-state index >= 15 is 0 Å². The first kappa shape index (κ1) is 21.3. The minimum atomic E-state index is -3.87. The number of non-ortho nitro benzene ring substituents is 1. The van der Waals surface area contributed by atoms with Crippen molar-refractivity contribution in [2.24, 2.45) is 5.92 Å². The van der Waals surface area contributed by atoms with Gasteiger partial charge in [-0.2, -0.15) is 4.31 Å². The largest absolute Gasteiger partial charge is 0.331 e. The number of piperazine rings is 1. The summed E-state index contributed by atoms with van der Waals surface area (Å²) in [5, 5.41) is 14.1. The Bertz CT molecular complexity index is 1060. The van der Waals surface area contributed by atoms with Crippen LogP contribution in [0.1, 0.15) is 24.4 Å². The van der Waals surface area contributed by atoms with Gasteiger partial charge in [-0.15, -0.1) is 0 Å². The van der Waals surface area contributed by atoms with Gasteiger partial charge >= 0.3 is 6.03 Å². The zero-order valence-electron chi connectivity index (χ0n) is 16.9. The maximum absolute atomic E-state index is 12.9. The molecule has 164 valence electrons. The van der Waals surface area contributed by atoms with Gasteiger partial charge in [-0.3, -0.25) is 10.1 Å². The van der Waals surface area contributed by atoms with Crippen molar-refractivity contribution in [2.45, 2.75) is 23.8 Å². The van der Waals surface area contributed by atoms with E-state index in [0.29, 0.717) is 5.92 Å². The third kappa shape index (κ3) is 4.70. The number of carbonyl (C=O) groups is 1. The number of carbonyl (C=O) groups excluding carboxylic acids is 1. The van der Waals surface area contributed by atoms with Gasteiger partial charge in [0.15, 0.2) is 0 Å². The third-order valence-corrected chi connectivity index (χ3v) is 7.62. The van der Waals surface area contributed by atoms with E-state index in [1.807, 2.05) is 30.3 Å². The summed E-state index contributed by atoms with van der Waals surface area (Å²) < 4.78 is 27.0. The number of benzene rings is 2. The molecule has 1 N–H and O–H groups in total. The predicted octanol–water partition coefficient (Wildman–Crippen LogP) is 2.76. The second-order valence-corrected chi connectivity index (χ2v) is 9.76. The fraction of sp³-hybridized carbons (Fsp3) is 0.381. The van der Waals surface area contributed by atoms with Crippen molar-refractivity contribution in [1.82, 2.24) is 14.5 Å². The molecule has 1 aliphatic heterocycles. The number of hydrogen-bond donors (Lipinski definition) is 1. The number of nitrogens with one attached hydrogen (secondary N) is 1. The molecule has 31 heavy (non-hydrogen) atoms. The normalized spacial score (nSPS) is 18.4. The molecule has 0 unspecified atom stereocenters. The molecule has 10 heteroatoms. The Morgan fingerprint density at radius 3 is 2.32 bits per heavy atom. The lowest BCUT2D eigenvalue weighted by Gasteiger charge is -2.35. The Morgan fingerprint density at radius 2 is 1.71 bits per heavy atom. The van der Waals surface area contributed by atoms with Crippen molar-refractivity contribution in [3.63, 3.8) is 0 Å². The van der Waals surface area contributed by atoms with Crippen LogP contribution >= 0.6 is 0 Å². The predicted molar refractivity (Wildman–Crippen MR) is 114 cm³/mol. The smallest absolute Gasteiger partial charge is 0.317 e. The Balaban J connectivity index is 1.39. The quantitative estimate of drug-likeness (QED) is 0.544. The number of nitrogens with zero attached hydrogens (tertiary/aromatic N) is 3. The number of rotatable bonds is 6. The highest BCUT2D eigenvalue weighted by Crippen LogP contribution is 2.41. The summed E-state index contributed by atoms with van der Waals surface area (Å²) in [6.07, 6.45) is 2.16. The summed E-state index contributed by atoms with van der Waals surface area (Å²) in [6, 6.07) is 14.6. The first-order valence-electron chi connectivity index (χ1n) is 10.2. The minimum absolute atomic E-state index is 0.0414. The van der Waals surface area contributed by atoms with Gasteiger partial charge < -0.3 is 10.2 Å². The van der Waals surface area contributed by atoms with Crippen LogP contribution in [-0.4, -0.2) is 54.8 Å². The van der Waals surface area contributed by atoms with Gasteiger partial charge in [-0.05, 0) is 30.4 Å². The van der Waals surface area contributed by atoms with E-state index in [2.05, 4.69) is 5.32 Å². The lowest BCUT2D eigenvalue weighted by atomic mass is 10.0. The number of nitro benzene ring substituents is 1. The van der Waals surface area contributed by atoms with Crippen molar-refractivity contribution in [3.8, 4) is 0 Å². The molecule has 2 aromatic carbocycles. The summed E-state index contributed by atoms with van der Waals surface area (Å²) in [6.45, 7) is 0.786. The lowest BCUT2D eigenvalue weighted by Crippen LogP contribution is -2.53. The molecular formula is C21H24N4O5S. The Kier molecular flexibility index (Phi) is 5.92. The van der Waals surface area contributed by atoms with Crippen molar-refractivity contribution in [1.29, 1.82) is 0 Å². The van der Waals surface area contributed by atoms with Crippen LogP contribution in [0.25, 0.3) is 0 Å². The number of urea groups is 1. The monoisotopic (exact) mass is 444 g/mol. The molecule has 0 bridgehead atoms. The van der Waals surface area contributed by atoms with Gasteiger partial charge in [0, 0.05) is 38.3 Å². The fourth-order valence-electron chi connectivity index (χ4n) is 3.83. The molecule has 2 fully saturated rings. The Hall–Kier alpha value is -2.98. The molecular weight excluding hydrogens is 420 g/mol. The fourth-order valence-corrected chi connectivity index (χ4v) is 5.29. The van der Waals surface area contributed by atoms with Crippen LogP contribution in [0, 0.1) is 16.0 Å². The molecule has 0 spiro atoms. The van der Waals surface area contributed by atoms with Crippen molar-refractivity contribution in [2.75, 3.05) is 26.2 Å². The van der Waals surface area contributed by atoms with Gasteiger partial charge in [-0.1, -0.05) is 36.4 Å². The van der Waals surface area contributed by atoms with Crippen LogP contribution in [0.4, 0.5) is 10.5 Å². The summed E-state index contributed by atoms with van der Waals surface area (Å²) >= 11 is 0.